The van der Waals surface area contributed by atoms with Crippen LogP contribution in [-0.4, -0.2) is 5.25 Å². The van der Waals surface area contributed by atoms with E-state index in [0.717, 1.165) is 11.2 Å². The summed E-state index contributed by atoms with van der Waals surface area (Å²) in [4.78, 5) is 1.45. The van der Waals surface area contributed by atoms with Crippen LogP contribution in [0.3, 0.4) is 0 Å². The lowest BCUT2D eigenvalue weighted by Crippen LogP contribution is -2.32. The number of thioether (sulfide) groups is 1. The highest BCUT2D eigenvalue weighted by Gasteiger charge is 2.34. The molecule has 1 saturated carbocycles. The first-order valence-corrected chi connectivity index (χ1v) is 8.08. The summed E-state index contributed by atoms with van der Waals surface area (Å²) in [7, 11) is 0. The van der Waals surface area contributed by atoms with Crippen LogP contribution in [0.25, 0.3) is 0 Å². The molecule has 100 valence electrons. The molecule has 0 aromatic heterocycles. The van der Waals surface area contributed by atoms with Gasteiger partial charge in [0.1, 0.15) is 0 Å². The summed E-state index contributed by atoms with van der Waals surface area (Å²) in [6.07, 6.45) is 5.64. The highest BCUT2D eigenvalue weighted by atomic mass is 32.2. The highest BCUT2D eigenvalue weighted by Crippen LogP contribution is 2.45. The van der Waals surface area contributed by atoms with Crippen LogP contribution in [0.1, 0.15) is 52.0 Å². The van der Waals surface area contributed by atoms with Crippen LogP contribution in [0.2, 0.25) is 0 Å². The first-order chi connectivity index (χ1) is 8.47. The van der Waals surface area contributed by atoms with E-state index in [9.17, 15) is 0 Å². The van der Waals surface area contributed by atoms with Crippen LogP contribution in [0.4, 0.5) is 0 Å². The minimum atomic E-state index is 0.447. The third kappa shape index (κ3) is 3.54. The summed E-state index contributed by atoms with van der Waals surface area (Å²) < 4.78 is 0. The fourth-order valence-electron chi connectivity index (χ4n) is 3.02. The van der Waals surface area contributed by atoms with Gasteiger partial charge >= 0.3 is 0 Å². The van der Waals surface area contributed by atoms with Gasteiger partial charge in [-0.3, -0.25) is 0 Å². The van der Waals surface area contributed by atoms with E-state index in [0.29, 0.717) is 5.41 Å². The molecule has 2 unspecified atom stereocenters. The van der Waals surface area contributed by atoms with E-state index < -0.39 is 0 Å². The van der Waals surface area contributed by atoms with Crippen LogP contribution in [0.5, 0.6) is 0 Å². The van der Waals surface area contributed by atoms with Gasteiger partial charge in [-0.15, -0.1) is 11.8 Å². The van der Waals surface area contributed by atoms with Crippen molar-refractivity contribution in [3.63, 3.8) is 0 Å². The van der Waals surface area contributed by atoms with Crippen LogP contribution in [0.15, 0.2) is 29.2 Å². The molecule has 1 aliphatic rings. The molecule has 1 aromatic carbocycles. The lowest BCUT2D eigenvalue weighted by molar-refractivity contribution is 0.187. The van der Waals surface area contributed by atoms with Crippen molar-refractivity contribution in [1.29, 1.82) is 0 Å². The van der Waals surface area contributed by atoms with Gasteiger partial charge in [0, 0.05) is 10.1 Å². The van der Waals surface area contributed by atoms with Gasteiger partial charge < -0.3 is 0 Å². The standard InChI is InChI=1S/C17H26S/c1-13-9-11-14(12-10-13)18-16-8-6-5-7-15(16)17(2,3)4/h9-12,15-16H,5-8H2,1-4H3. The Bertz CT molecular complexity index is 372. The van der Waals surface area contributed by atoms with Gasteiger partial charge in [0.15, 0.2) is 0 Å². The second-order valence-electron chi connectivity index (χ2n) is 6.73. The molecule has 1 aromatic rings. The minimum Gasteiger partial charge on any atom is -0.122 e. The number of hydrogen-bond donors (Lipinski definition) is 0. The fourth-order valence-corrected chi connectivity index (χ4v) is 4.66. The van der Waals surface area contributed by atoms with Crippen LogP contribution in [-0.2, 0) is 0 Å². The Morgan fingerprint density at radius 3 is 2.22 bits per heavy atom. The lowest BCUT2D eigenvalue weighted by Gasteiger charge is -2.40. The van der Waals surface area contributed by atoms with E-state index in [1.165, 1.54) is 36.1 Å². The average Bonchev–Trinajstić information content (AvgIpc) is 2.31. The molecule has 0 spiro atoms. The zero-order chi connectivity index (χ0) is 13.2. The van der Waals surface area contributed by atoms with E-state index in [-0.39, 0.29) is 0 Å². The third-order valence-corrected chi connectivity index (χ3v) is 5.53. The van der Waals surface area contributed by atoms with Crippen molar-refractivity contribution < 1.29 is 0 Å². The topological polar surface area (TPSA) is 0 Å². The molecule has 0 radical (unpaired) electrons. The van der Waals surface area contributed by atoms with Crippen molar-refractivity contribution in [1.82, 2.24) is 0 Å². The first kappa shape index (κ1) is 14.0. The third-order valence-electron chi connectivity index (χ3n) is 4.12. The van der Waals surface area contributed by atoms with Gasteiger partial charge in [-0.25, -0.2) is 0 Å². The Labute approximate surface area is 117 Å². The second kappa shape index (κ2) is 5.69. The van der Waals surface area contributed by atoms with Crippen molar-refractivity contribution in [3.05, 3.63) is 29.8 Å². The van der Waals surface area contributed by atoms with Crippen molar-refractivity contribution >= 4 is 11.8 Å². The molecule has 0 saturated heterocycles. The van der Waals surface area contributed by atoms with E-state index in [4.69, 9.17) is 0 Å². The Morgan fingerprint density at radius 1 is 1.00 bits per heavy atom. The van der Waals surface area contributed by atoms with Crippen molar-refractivity contribution in [3.8, 4) is 0 Å². The molecule has 2 rings (SSSR count). The molecule has 0 nitrogen and oxygen atoms in total. The zero-order valence-corrected chi connectivity index (χ0v) is 13.0. The Balaban J connectivity index is 2.08. The summed E-state index contributed by atoms with van der Waals surface area (Å²) in [5.41, 5.74) is 1.80. The fraction of sp³-hybridized carbons (Fsp3) is 0.647. The molecule has 0 heterocycles. The summed E-state index contributed by atoms with van der Waals surface area (Å²) in [6, 6.07) is 9.04. The second-order valence-corrected chi connectivity index (χ2v) is 8.04. The Morgan fingerprint density at radius 2 is 1.61 bits per heavy atom. The van der Waals surface area contributed by atoms with Gasteiger partial charge in [-0.1, -0.05) is 51.3 Å². The van der Waals surface area contributed by atoms with E-state index in [2.05, 4.69) is 63.7 Å². The van der Waals surface area contributed by atoms with E-state index in [1.807, 2.05) is 0 Å². The maximum Gasteiger partial charge on any atom is 0.0128 e. The Kier molecular flexibility index (Phi) is 4.42. The smallest absolute Gasteiger partial charge is 0.0128 e. The average molecular weight is 262 g/mol. The van der Waals surface area contributed by atoms with Crippen LogP contribution >= 0.6 is 11.8 Å². The molecule has 2 atom stereocenters. The van der Waals surface area contributed by atoms with E-state index >= 15 is 0 Å². The largest absolute Gasteiger partial charge is 0.122 e. The maximum atomic E-state index is 2.41. The van der Waals surface area contributed by atoms with Gasteiger partial charge in [0.25, 0.3) is 0 Å². The number of aryl methyl sites for hydroxylation is 1. The van der Waals surface area contributed by atoms with Crippen LogP contribution in [0, 0.1) is 18.3 Å². The predicted molar refractivity (Wildman–Crippen MR) is 82.2 cm³/mol. The monoisotopic (exact) mass is 262 g/mol. The zero-order valence-electron chi connectivity index (χ0n) is 12.2. The first-order valence-electron chi connectivity index (χ1n) is 7.20. The molecule has 1 heteroatoms. The number of benzene rings is 1. The lowest BCUT2D eigenvalue weighted by atomic mass is 9.72. The van der Waals surface area contributed by atoms with Gasteiger partial charge in [0.2, 0.25) is 0 Å². The molecular weight excluding hydrogens is 236 g/mol. The number of hydrogen-bond acceptors (Lipinski definition) is 1. The molecule has 18 heavy (non-hydrogen) atoms. The van der Waals surface area contributed by atoms with E-state index in [1.54, 1.807) is 0 Å². The Hall–Kier alpha value is -0.430. The molecule has 1 aliphatic carbocycles. The summed E-state index contributed by atoms with van der Waals surface area (Å²) in [5, 5.41) is 0.807. The normalized spacial score (nSPS) is 25.1. The maximum absolute atomic E-state index is 2.41. The predicted octanol–water partition coefficient (Wildman–Crippen LogP) is 5.69. The van der Waals surface area contributed by atoms with Gasteiger partial charge in [-0.05, 0) is 43.2 Å². The quantitative estimate of drug-likeness (QED) is 0.659. The van der Waals surface area contributed by atoms with Crippen LogP contribution < -0.4 is 0 Å². The van der Waals surface area contributed by atoms with Gasteiger partial charge in [-0.2, -0.15) is 0 Å². The summed E-state index contributed by atoms with van der Waals surface area (Å²) in [6.45, 7) is 9.38. The van der Waals surface area contributed by atoms with Crippen molar-refractivity contribution in [2.24, 2.45) is 11.3 Å². The molecule has 0 amide bonds. The summed E-state index contributed by atoms with van der Waals surface area (Å²) in [5.74, 6) is 0.859. The molecular formula is C17H26S. The van der Waals surface area contributed by atoms with Gasteiger partial charge in [0.05, 0.1) is 0 Å². The summed E-state index contributed by atoms with van der Waals surface area (Å²) >= 11 is 2.11. The molecule has 0 N–H and O–H groups in total. The minimum absolute atomic E-state index is 0.447. The SMILES string of the molecule is Cc1ccc(SC2CCCCC2C(C)(C)C)cc1. The highest BCUT2D eigenvalue weighted by molar-refractivity contribution is 8.00. The molecule has 0 bridgehead atoms. The molecule has 0 aliphatic heterocycles. The molecule has 1 fully saturated rings. The van der Waals surface area contributed by atoms with Crippen molar-refractivity contribution in [2.45, 2.75) is 63.5 Å². The number of rotatable bonds is 2. The van der Waals surface area contributed by atoms with Crippen molar-refractivity contribution in [2.75, 3.05) is 0 Å².